The first-order valence-electron chi connectivity index (χ1n) is 10.1. The van der Waals surface area contributed by atoms with E-state index in [9.17, 15) is 13.2 Å². The van der Waals surface area contributed by atoms with Crippen LogP contribution in [-0.4, -0.2) is 40.1 Å². The fraction of sp³-hybridized carbons (Fsp3) is 0.478. The Morgan fingerprint density at radius 2 is 1.74 bits per heavy atom. The van der Waals surface area contributed by atoms with Crippen molar-refractivity contribution in [2.45, 2.75) is 31.2 Å². The van der Waals surface area contributed by atoms with Gasteiger partial charge in [-0.3, -0.25) is 0 Å². The van der Waals surface area contributed by atoms with Gasteiger partial charge in [-0.15, -0.1) is 0 Å². The van der Waals surface area contributed by atoms with Crippen LogP contribution in [-0.2, 0) is 18.9 Å². The van der Waals surface area contributed by atoms with Crippen LogP contribution in [0.4, 0.5) is 13.2 Å². The van der Waals surface area contributed by atoms with Crippen LogP contribution < -0.4 is 4.74 Å². The number of hydrogen-bond acceptors (Lipinski definition) is 5. The normalized spacial score (nSPS) is 27.6. The summed E-state index contributed by atoms with van der Waals surface area (Å²) >= 11 is 0. The summed E-state index contributed by atoms with van der Waals surface area (Å²) in [6.07, 6.45) is 0.241. The molecule has 2 aliphatic carbocycles. The lowest BCUT2D eigenvalue weighted by Crippen LogP contribution is -2.30. The zero-order chi connectivity index (χ0) is 22.0. The van der Waals surface area contributed by atoms with E-state index in [1.54, 1.807) is 24.3 Å². The van der Waals surface area contributed by atoms with Crippen molar-refractivity contribution in [3.8, 4) is 5.75 Å². The maximum absolute atomic E-state index is 13.6. The molecule has 168 valence electrons. The number of methoxy groups -OCH3 is 2. The van der Waals surface area contributed by atoms with Crippen LogP contribution in [0.25, 0.3) is 0 Å². The molecule has 0 N–H and O–H groups in total. The molecule has 1 heterocycles. The molecule has 8 heteroatoms. The van der Waals surface area contributed by atoms with E-state index in [1.807, 2.05) is 18.2 Å². The first-order chi connectivity index (χ1) is 14.9. The lowest BCUT2D eigenvalue weighted by molar-refractivity contribution is -0.173. The fourth-order valence-corrected chi connectivity index (χ4v) is 4.46. The molecule has 1 aromatic carbocycles. The van der Waals surface area contributed by atoms with Gasteiger partial charge >= 0.3 is 6.18 Å². The number of rotatable bonds is 7. The predicted octanol–water partition coefficient (Wildman–Crippen LogP) is 5.07. The second kappa shape index (κ2) is 9.06. The minimum atomic E-state index is -4.24. The molecule has 4 rings (SSSR count). The minimum absolute atomic E-state index is 0.00740. The number of benzene rings is 1. The summed E-state index contributed by atoms with van der Waals surface area (Å²) < 4.78 is 67.9. The Hall–Kier alpha value is -2.29. The van der Waals surface area contributed by atoms with Gasteiger partial charge in [0.2, 0.25) is 0 Å². The quantitative estimate of drug-likeness (QED) is 0.557. The van der Waals surface area contributed by atoms with Gasteiger partial charge in [0.15, 0.2) is 13.6 Å². The predicted molar refractivity (Wildman–Crippen MR) is 106 cm³/mol. The molecular formula is C23H25F3O5. The molecule has 0 saturated heterocycles. The van der Waals surface area contributed by atoms with Crippen LogP contribution in [0.5, 0.6) is 5.75 Å². The van der Waals surface area contributed by atoms with Crippen molar-refractivity contribution in [1.82, 2.24) is 0 Å². The molecule has 0 bridgehead atoms. The van der Waals surface area contributed by atoms with Gasteiger partial charge in [0.05, 0.1) is 12.0 Å². The third-order valence-electron chi connectivity index (χ3n) is 5.88. The Bertz CT molecular complexity index is 872. The van der Waals surface area contributed by atoms with Crippen LogP contribution in [0.2, 0.25) is 0 Å². The molecule has 1 aliphatic heterocycles. The zero-order valence-corrected chi connectivity index (χ0v) is 17.4. The molecule has 31 heavy (non-hydrogen) atoms. The SMILES string of the molecule is COCOC1=CC2=C3CC(C(F)(F)F)CC3C(c3ccc(OCOC)cc3)OC2C=C1. The molecule has 0 radical (unpaired) electrons. The van der Waals surface area contributed by atoms with E-state index in [1.165, 1.54) is 14.2 Å². The lowest BCUT2D eigenvalue weighted by Gasteiger charge is -2.37. The molecule has 1 aromatic rings. The number of alkyl halides is 3. The number of allylic oxidation sites excluding steroid dienone is 1. The Morgan fingerprint density at radius 3 is 2.42 bits per heavy atom. The van der Waals surface area contributed by atoms with Gasteiger partial charge in [-0.1, -0.05) is 17.7 Å². The average molecular weight is 438 g/mol. The molecule has 3 aliphatic rings. The maximum atomic E-state index is 13.6. The number of halogens is 3. The molecule has 1 fully saturated rings. The largest absolute Gasteiger partial charge is 0.468 e. The van der Waals surface area contributed by atoms with Gasteiger partial charge in [-0.2, -0.15) is 13.2 Å². The van der Waals surface area contributed by atoms with E-state index >= 15 is 0 Å². The molecular weight excluding hydrogens is 413 g/mol. The Balaban J connectivity index is 1.65. The van der Waals surface area contributed by atoms with Crippen LogP contribution >= 0.6 is 0 Å². The van der Waals surface area contributed by atoms with Crippen molar-refractivity contribution in [3.05, 3.63) is 65.0 Å². The van der Waals surface area contributed by atoms with Crippen molar-refractivity contribution < 1.29 is 36.9 Å². The van der Waals surface area contributed by atoms with E-state index in [0.29, 0.717) is 11.5 Å². The zero-order valence-electron chi connectivity index (χ0n) is 17.4. The number of fused-ring (bicyclic) bond motifs is 2. The monoisotopic (exact) mass is 438 g/mol. The second-order valence-corrected chi connectivity index (χ2v) is 7.82. The highest BCUT2D eigenvalue weighted by atomic mass is 19.4. The summed E-state index contributed by atoms with van der Waals surface area (Å²) in [5, 5.41) is 0. The van der Waals surface area contributed by atoms with Crippen molar-refractivity contribution >= 4 is 0 Å². The summed E-state index contributed by atoms with van der Waals surface area (Å²) in [5.74, 6) is -0.554. The third kappa shape index (κ3) is 4.66. The van der Waals surface area contributed by atoms with Gasteiger partial charge in [-0.05, 0) is 54.3 Å². The molecule has 4 atom stereocenters. The first kappa shape index (κ1) is 21.9. The number of hydrogen-bond donors (Lipinski definition) is 0. The van der Waals surface area contributed by atoms with E-state index in [0.717, 1.165) is 16.7 Å². The highest BCUT2D eigenvalue weighted by Crippen LogP contribution is 2.55. The molecule has 0 spiro atoms. The van der Waals surface area contributed by atoms with E-state index in [4.69, 9.17) is 23.7 Å². The lowest BCUT2D eigenvalue weighted by atomic mass is 9.82. The van der Waals surface area contributed by atoms with Crippen molar-refractivity contribution in [2.75, 3.05) is 27.8 Å². The summed E-state index contributed by atoms with van der Waals surface area (Å²) in [7, 11) is 3.04. The topological polar surface area (TPSA) is 46.2 Å². The van der Waals surface area contributed by atoms with Crippen molar-refractivity contribution in [1.29, 1.82) is 0 Å². The maximum Gasteiger partial charge on any atom is 0.392 e. The van der Waals surface area contributed by atoms with E-state index < -0.39 is 24.3 Å². The second-order valence-electron chi connectivity index (χ2n) is 7.82. The third-order valence-corrected chi connectivity index (χ3v) is 5.88. The van der Waals surface area contributed by atoms with Gasteiger partial charge in [0, 0.05) is 20.1 Å². The van der Waals surface area contributed by atoms with Gasteiger partial charge in [-0.25, -0.2) is 0 Å². The summed E-state index contributed by atoms with van der Waals surface area (Å²) in [4.78, 5) is 0. The van der Waals surface area contributed by atoms with Crippen LogP contribution in [0.3, 0.4) is 0 Å². The van der Waals surface area contributed by atoms with Crippen molar-refractivity contribution in [2.24, 2.45) is 11.8 Å². The van der Waals surface area contributed by atoms with Gasteiger partial charge < -0.3 is 23.7 Å². The van der Waals surface area contributed by atoms with E-state index in [2.05, 4.69) is 0 Å². The van der Waals surface area contributed by atoms with Gasteiger partial charge in [0.25, 0.3) is 0 Å². The van der Waals surface area contributed by atoms with Crippen molar-refractivity contribution in [3.63, 3.8) is 0 Å². The smallest absolute Gasteiger partial charge is 0.392 e. The average Bonchev–Trinajstić information content (AvgIpc) is 3.22. The highest BCUT2D eigenvalue weighted by molar-refractivity contribution is 5.46. The van der Waals surface area contributed by atoms with Crippen LogP contribution in [0.1, 0.15) is 24.5 Å². The molecule has 0 amide bonds. The van der Waals surface area contributed by atoms with Gasteiger partial charge in [0.1, 0.15) is 17.6 Å². The number of ether oxygens (including phenoxy) is 5. The summed E-state index contributed by atoms with van der Waals surface area (Å²) in [6, 6.07) is 7.24. The van der Waals surface area contributed by atoms with E-state index in [-0.39, 0.29) is 32.3 Å². The Kier molecular flexibility index (Phi) is 6.41. The van der Waals surface area contributed by atoms with Crippen LogP contribution in [0, 0.1) is 11.8 Å². The standard InChI is InChI=1S/C23H25F3O5/c1-27-12-29-16-5-3-14(4-6-16)22-20-10-15(23(24,25)26)9-18(20)19-11-17(30-13-28-2)7-8-21(19)31-22/h3-8,11,15,20-22H,9-10,12-13H2,1-2H3. The molecule has 4 unspecified atom stereocenters. The molecule has 5 nitrogen and oxygen atoms in total. The minimum Gasteiger partial charge on any atom is -0.468 e. The Labute approximate surface area is 179 Å². The Morgan fingerprint density at radius 1 is 1.03 bits per heavy atom. The summed E-state index contributed by atoms with van der Waals surface area (Å²) in [5.41, 5.74) is 2.39. The first-order valence-corrected chi connectivity index (χ1v) is 10.1. The fourth-order valence-electron chi connectivity index (χ4n) is 4.46. The molecule has 0 aromatic heterocycles. The summed E-state index contributed by atoms with van der Waals surface area (Å²) in [6.45, 7) is 0.192. The highest BCUT2D eigenvalue weighted by Gasteiger charge is 2.51. The molecule has 1 saturated carbocycles. The van der Waals surface area contributed by atoms with Crippen LogP contribution in [0.15, 0.2) is 59.4 Å².